The van der Waals surface area contributed by atoms with Gasteiger partial charge in [-0.25, -0.2) is 0 Å². The van der Waals surface area contributed by atoms with Gasteiger partial charge in [0.2, 0.25) is 0 Å². The molecule has 20 heavy (non-hydrogen) atoms. The maximum atomic E-state index is 12.4. The lowest BCUT2D eigenvalue weighted by Gasteiger charge is -2.13. The molecule has 0 heterocycles. The van der Waals surface area contributed by atoms with E-state index in [9.17, 15) is 13.2 Å². The Morgan fingerprint density at radius 2 is 1.70 bits per heavy atom. The number of nitriles is 1. The highest BCUT2D eigenvalue weighted by Crippen LogP contribution is 2.35. The van der Waals surface area contributed by atoms with Crippen molar-refractivity contribution in [2.45, 2.75) is 6.36 Å². The van der Waals surface area contributed by atoms with Crippen LogP contribution in [-0.4, -0.2) is 6.36 Å². The first-order valence-corrected chi connectivity index (χ1v) is 5.83. The molecule has 0 saturated carbocycles. The van der Waals surface area contributed by atoms with Gasteiger partial charge in [0.15, 0.2) is 0 Å². The molecule has 2 aromatic rings. The van der Waals surface area contributed by atoms with Crippen molar-refractivity contribution in [1.82, 2.24) is 0 Å². The van der Waals surface area contributed by atoms with Crippen LogP contribution in [0.5, 0.6) is 5.75 Å². The molecule has 0 aliphatic rings. The Kier molecular flexibility index (Phi) is 3.86. The van der Waals surface area contributed by atoms with Crippen LogP contribution in [0.25, 0.3) is 11.1 Å². The summed E-state index contributed by atoms with van der Waals surface area (Å²) >= 11 is 5.74. The number of rotatable bonds is 2. The van der Waals surface area contributed by atoms with Crippen LogP contribution >= 0.6 is 11.6 Å². The third-order valence-electron chi connectivity index (χ3n) is 2.49. The van der Waals surface area contributed by atoms with Gasteiger partial charge in [-0.2, -0.15) is 5.26 Å². The van der Waals surface area contributed by atoms with Crippen LogP contribution in [0.4, 0.5) is 13.2 Å². The zero-order valence-electron chi connectivity index (χ0n) is 9.91. The summed E-state index contributed by atoms with van der Waals surface area (Å²) < 4.78 is 41.2. The molecule has 0 spiro atoms. The zero-order chi connectivity index (χ0) is 14.8. The van der Waals surface area contributed by atoms with Crippen LogP contribution in [0.1, 0.15) is 5.56 Å². The highest BCUT2D eigenvalue weighted by molar-refractivity contribution is 6.30. The van der Waals surface area contributed by atoms with Crippen molar-refractivity contribution in [2.75, 3.05) is 0 Å². The minimum atomic E-state index is -4.82. The number of nitrogens with zero attached hydrogens (tertiary/aromatic N) is 1. The summed E-state index contributed by atoms with van der Waals surface area (Å²) in [5, 5.41) is 9.23. The first kappa shape index (κ1) is 14.2. The molecule has 0 aromatic heterocycles. The van der Waals surface area contributed by atoms with Gasteiger partial charge in [0.05, 0.1) is 11.6 Å². The van der Waals surface area contributed by atoms with Crippen molar-refractivity contribution in [3.05, 3.63) is 53.1 Å². The molecular formula is C14H7ClF3NO. The van der Waals surface area contributed by atoms with Gasteiger partial charge < -0.3 is 4.74 Å². The van der Waals surface area contributed by atoms with Crippen molar-refractivity contribution in [3.8, 4) is 22.9 Å². The third kappa shape index (κ3) is 3.43. The molecular weight excluding hydrogens is 291 g/mol. The quantitative estimate of drug-likeness (QED) is 0.799. The summed E-state index contributed by atoms with van der Waals surface area (Å²) in [5.74, 6) is -0.418. The molecule has 0 radical (unpaired) electrons. The summed E-state index contributed by atoms with van der Waals surface area (Å²) in [7, 11) is 0. The molecule has 2 rings (SSSR count). The van der Waals surface area contributed by atoms with Gasteiger partial charge in [-0.1, -0.05) is 23.7 Å². The summed E-state index contributed by atoms with van der Waals surface area (Å²) in [4.78, 5) is 0. The monoisotopic (exact) mass is 297 g/mol. The molecule has 0 fully saturated rings. The number of benzene rings is 2. The SMILES string of the molecule is N#Cc1ccc(-c2ccc(Cl)cc2)c(OC(F)(F)F)c1. The number of ether oxygens (including phenoxy) is 1. The summed E-state index contributed by atoms with van der Waals surface area (Å²) in [5.41, 5.74) is 0.832. The molecule has 0 unspecified atom stereocenters. The lowest BCUT2D eigenvalue weighted by molar-refractivity contribution is -0.274. The van der Waals surface area contributed by atoms with E-state index in [2.05, 4.69) is 4.74 Å². The van der Waals surface area contributed by atoms with Gasteiger partial charge >= 0.3 is 6.36 Å². The second kappa shape index (κ2) is 5.43. The molecule has 6 heteroatoms. The van der Waals surface area contributed by atoms with Crippen molar-refractivity contribution in [1.29, 1.82) is 5.26 Å². The smallest absolute Gasteiger partial charge is 0.405 e. The van der Waals surface area contributed by atoms with Gasteiger partial charge in [0.25, 0.3) is 0 Å². The predicted octanol–water partition coefficient (Wildman–Crippen LogP) is 4.78. The maximum Gasteiger partial charge on any atom is 0.573 e. The van der Waals surface area contributed by atoms with E-state index in [1.54, 1.807) is 30.3 Å². The Hall–Kier alpha value is -2.19. The van der Waals surface area contributed by atoms with Gasteiger partial charge in [-0.3, -0.25) is 0 Å². The summed E-state index contributed by atoms with van der Waals surface area (Å²) in [6.07, 6.45) is -4.82. The molecule has 0 N–H and O–H groups in total. The fourth-order valence-electron chi connectivity index (χ4n) is 1.67. The standard InChI is InChI=1S/C14H7ClF3NO/c15-11-4-2-10(3-5-11)12-6-1-9(8-19)7-13(12)20-14(16,17)18/h1-7H. The lowest BCUT2D eigenvalue weighted by atomic mass is 10.0. The largest absolute Gasteiger partial charge is 0.573 e. The van der Waals surface area contributed by atoms with E-state index in [4.69, 9.17) is 16.9 Å². The Balaban J connectivity index is 2.52. The van der Waals surface area contributed by atoms with Crippen LogP contribution in [0.15, 0.2) is 42.5 Å². The molecule has 0 saturated heterocycles. The van der Waals surface area contributed by atoms with Gasteiger partial charge in [-0.05, 0) is 35.9 Å². The topological polar surface area (TPSA) is 33.0 Å². The number of hydrogen-bond acceptors (Lipinski definition) is 2. The van der Waals surface area contributed by atoms with E-state index >= 15 is 0 Å². The molecule has 2 aromatic carbocycles. The molecule has 102 valence electrons. The third-order valence-corrected chi connectivity index (χ3v) is 2.74. The minimum Gasteiger partial charge on any atom is -0.405 e. The number of halogens is 4. The van der Waals surface area contributed by atoms with Crippen LogP contribution in [0.3, 0.4) is 0 Å². The molecule has 0 atom stereocenters. The van der Waals surface area contributed by atoms with E-state index in [0.29, 0.717) is 10.6 Å². The Morgan fingerprint density at radius 1 is 1.05 bits per heavy atom. The van der Waals surface area contributed by atoms with E-state index in [-0.39, 0.29) is 11.1 Å². The Labute approximate surface area is 118 Å². The second-order valence-corrected chi connectivity index (χ2v) is 4.31. The van der Waals surface area contributed by atoms with E-state index < -0.39 is 12.1 Å². The van der Waals surface area contributed by atoms with Crippen molar-refractivity contribution < 1.29 is 17.9 Å². The molecule has 0 bridgehead atoms. The molecule has 2 nitrogen and oxygen atoms in total. The maximum absolute atomic E-state index is 12.4. The van der Waals surface area contributed by atoms with Crippen LogP contribution in [-0.2, 0) is 0 Å². The number of hydrogen-bond donors (Lipinski definition) is 0. The predicted molar refractivity (Wildman–Crippen MR) is 68.3 cm³/mol. The minimum absolute atomic E-state index is 0.0852. The van der Waals surface area contributed by atoms with Gasteiger partial charge in [0.1, 0.15) is 5.75 Å². The normalized spacial score (nSPS) is 10.9. The van der Waals surface area contributed by atoms with Crippen LogP contribution in [0.2, 0.25) is 5.02 Å². The van der Waals surface area contributed by atoms with Crippen molar-refractivity contribution in [2.24, 2.45) is 0 Å². The Morgan fingerprint density at radius 3 is 2.25 bits per heavy atom. The van der Waals surface area contributed by atoms with Gasteiger partial charge in [-0.15, -0.1) is 13.2 Å². The first-order chi connectivity index (χ1) is 9.39. The molecule has 0 aliphatic heterocycles. The number of alkyl halides is 3. The summed E-state index contributed by atoms with van der Waals surface area (Å²) in [6.45, 7) is 0. The van der Waals surface area contributed by atoms with E-state index in [1.807, 2.05) is 0 Å². The van der Waals surface area contributed by atoms with Crippen molar-refractivity contribution >= 4 is 11.6 Å². The zero-order valence-corrected chi connectivity index (χ0v) is 10.7. The summed E-state index contributed by atoms with van der Waals surface area (Å²) in [6, 6.07) is 11.9. The van der Waals surface area contributed by atoms with Gasteiger partial charge in [0, 0.05) is 10.6 Å². The van der Waals surface area contributed by atoms with Crippen LogP contribution < -0.4 is 4.74 Å². The second-order valence-electron chi connectivity index (χ2n) is 3.88. The molecule has 0 aliphatic carbocycles. The fraction of sp³-hybridized carbons (Fsp3) is 0.0714. The van der Waals surface area contributed by atoms with E-state index in [0.717, 1.165) is 6.07 Å². The highest BCUT2D eigenvalue weighted by atomic mass is 35.5. The highest BCUT2D eigenvalue weighted by Gasteiger charge is 2.32. The lowest BCUT2D eigenvalue weighted by Crippen LogP contribution is -2.17. The molecule has 0 amide bonds. The van der Waals surface area contributed by atoms with E-state index in [1.165, 1.54) is 12.1 Å². The fourth-order valence-corrected chi connectivity index (χ4v) is 1.79. The van der Waals surface area contributed by atoms with Crippen LogP contribution in [0, 0.1) is 11.3 Å². The van der Waals surface area contributed by atoms with Crippen molar-refractivity contribution in [3.63, 3.8) is 0 Å². The average molecular weight is 298 g/mol. The average Bonchev–Trinajstić information content (AvgIpc) is 2.38. The Bertz CT molecular complexity index is 660. The first-order valence-electron chi connectivity index (χ1n) is 5.45.